The number of amides is 1. The molecule has 10 heteroatoms. The number of aromatic nitrogens is 1. The summed E-state index contributed by atoms with van der Waals surface area (Å²) in [6.07, 6.45) is 3.20. The predicted octanol–water partition coefficient (Wildman–Crippen LogP) is 3.61. The molecule has 1 N–H and O–H groups in total. The van der Waals surface area contributed by atoms with Crippen molar-refractivity contribution in [2.75, 3.05) is 14.1 Å². The van der Waals surface area contributed by atoms with Crippen LogP contribution in [-0.4, -0.2) is 53.5 Å². The van der Waals surface area contributed by atoms with Crippen LogP contribution in [0.2, 0.25) is 5.02 Å². The average molecular weight is 512 g/mol. The predicted molar refractivity (Wildman–Crippen MR) is 131 cm³/mol. The maximum Gasteiger partial charge on any atom is 0.295 e. The van der Waals surface area contributed by atoms with Gasteiger partial charge >= 0.3 is 0 Å². The number of carbonyl (C=O) groups excluding carboxylic acids is 2. The maximum atomic E-state index is 13.1. The lowest BCUT2D eigenvalue weighted by Crippen LogP contribution is -2.29. The number of halogens is 1. The van der Waals surface area contributed by atoms with Gasteiger partial charge in [0.1, 0.15) is 5.76 Å². The summed E-state index contributed by atoms with van der Waals surface area (Å²) in [6, 6.07) is 14.8. The zero-order valence-corrected chi connectivity index (χ0v) is 20.5. The normalized spacial score (nSPS) is 17.8. The molecule has 1 fully saturated rings. The van der Waals surface area contributed by atoms with E-state index in [1.165, 1.54) is 43.3 Å². The first-order valence-electron chi connectivity index (χ1n) is 10.6. The minimum Gasteiger partial charge on any atom is -0.507 e. The van der Waals surface area contributed by atoms with Crippen LogP contribution < -0.4 is 0 Å². The average Bonchev–Trinajstić information content (AvgIpc) is 3.09. The summed E-state index contributed by atoms with van der Waals surface area (Å²) in [6.45, 7) is 0.0997. The number of sulfonamides is 1. The van der Waals surface area contributed by atoms with Gasteiger partial charge in [0, 0.05) is 43.6 Å². The second kappa shape index (κ2) is 9.61. The highest BCUT2D eigenvalue weighted by Crippen LogP contribution is 2.40. The Morgan fingerprint density at radius 1 is 1.06 bits per heavy atom. The van der Waals surface area contributed by atoms with E-state index in [1.54, 1.807) is 48.8 Å². The number of likely N-dealkylation sites (tertiary alicyclic amines) is 1. The number of aliphatic hydroxyl groups is 1. The first-order valence-corrected chi connectivity index (χ1v) is 12.4. The van der Waals surface area contributed by atoms with Crippen LogP contribution in [0.25, 0.3) is 5.76 Å². The Balaban J connectivity index is 1.82. The number of benzene rings is 2. The molecule has 35 heavy (non-hydrogen) atoms. The van der Waals surface area contributed by atoms with E-state index in [0.717, 1.165) is 4.31 Å². The minimum absolute atomic E-state index is 0.0327. The largest absolute Gasteiger partial charge is 0.507 e. The van der Waals surface area contributed by atoms with Crippen molar-refractivity contribution in [1.82, 2.24) is 14.2 Å². The molecule has 1 saturated heterocycles. The van der Waals surface area contributed by atoms with Crippen LogP contribution in [0.15, 0.2) is 83.5 Å². The molecule has 0 aliphatic carbocycles. The van der Waals surface area contributed by atoms with E-state index in [9.17, 15) is 23.1 Å². The van der Waals surface area contributed by atoms with E-state index >= 15 is 0 Å². The van der Waals surface area contributed by atoms with Gasteiger partial charge < -0.3 is 10.0 Å². The van der Waals surface area contributed by atoms with Gasteiger partial charge in [-0.05, 0) is 53.6 Å². The van der Waals surface area contributed by atoms with Crippen molar-refractivity contribution < 1.29 is 23.1 Å². The van der Waals surface area contributed by atoms with Crippen molar-refractivity contribution in [2.24, 2.45) is 0 Å². The maximum absolute atomic E-state index is 13.1. The lowest BCUT2D eigenvalue weighted by Gasteiger charge is -2.25. The van der Waals surface area contributed by atoms with Crippen LogP contribution in [0.3, 0.4) is 0 Å². The zero-order valence-electron chi connectivity index (χ0n) is 18.9. The molecule has 3 aromatic rings. The highest BCUT2D eigenvalue weighted by molar-refractivity contribution is 7.89. The quantitative estimate of drug-likeness (QED) is 0.308. The number of aliphatic hydroxyl groups excluding tert-OH is 1. The molecule has 0 bridgehead atoms. The van der Waals surface area contributed by atoms with Crippen molar-refractivity contribution in [3.8, 4) is 0 Å². The molecule has 1 aliphatic rings. The summed E-state index contributed by atoms with van der Waals surface area (Å²) >= 11 is 6.04. The van der Waals surface area contributed by atoms with Crippen molar-refractivity contribution in [1.29, 1.82) is 0 Å². The van der Waals surface area contributed by atoms with Gasteiger partial charge in [-0.1, -0.05) is 29.8 Å². The third-order valence-corrected chi connectivity index (χ3v) is 7.79. The first kappa shape index (κ1) is 24.6. The highest BCUT2D eigenvalue weighted by atomic mass is 35.5. The Morgan fingerprint density at radius 2 is 1.71 bits per heavy atom. The molecule has 0 spiro atoms. The molecular formula is C25H22ClN3O5S. The van der Waals surface area contributed by atoms with Gasteiger partial charge in [0.05, 0.1) is 16.5 Å². The highest BCUT2D eigenvalue weighted by Gasteiger charge is 2.46. The number of hydrogen-bond donors (Lipinski definition) is 1. The van der Waals surface area contributed by atoms with E-state index in [2.05, 4.69) is 4.98 Å². The number of rotatable bonds is 6. The standard InChI is InChI=1S/C25H22ClN3O5S/c1-28(2)35(33,34)20-11-7-18(8-12-20)23(30)21-22(17-5-9-19(26)10-6-17)29(25(32)24(21)31)15-16-4-3-13-27-14-16/h3-14,22,30H,15H2,1-2H3/t22-/m0/s1. The SMILES string of the molecule is CN(C)S(=O)(=O)c1ccc(C(O)=C2C(=O)C(=O)N(Cc3cccnc3)[C@H]2c2ccc(Cl)cc2)cc1. The second-order valence-corrected chi connectivity index (χ2v) is 10.7. The third-order valence-electron chi connectivity index (χ3n) is 5.71. The monoisotopic (exact) mass is 511 g/mol. The van der Waals surface area contributed by atoms with Crippen molar-refractivity contribution in [3.63, 3.8) is 0 Å². The van der Waals surface area contributed by atoms with Gasteiger partial charge in [0.25, 0.3) is 11.7 Å². The minimum atomic E-state index is -3.67. The summed E-state index contributed by atoms with van der Waals surface area (Å²) in [5.74, 6) is -2.00. The molecule has 1 aliphatic heterocycles. The van der Waals surface area contributed by atoms with Gasteiger partial charge in [-0.25, -0.2) is 12.7 Å². The number of nitrogens with zero attached hydrogens (tertiary/aromatic N) is 3. The van der Waals surface area contributed by atoms with E-state index in [4.69, 9.17) is 11.6 Å². The molecule has 1 amide bonds. The number of ketones is 1. The molecule has 180 valence electrons. The lowest BCUT2D eigenvalue weighted by molar-refractivity contribution is -0.140. The second-order valence-electron chi connectivity index (χ2n) is 8.15. The molecule has 0 unspecified atom stereocenters. The Hall–Kier alpha value is -3.53. The fraction of sp³-hybridized carbons (Fsp3) is 0.160. The zero-order chi connectivity index (χ0) is 25.3. The van der Waals surface area contributed by atoms with Crippen LogP contribution in [0.4, 0.5) is 0 Å². The molecule has 0 radical (unpaired) electrons. The van der Waals surface area contributed by atoms with Crippen LogP contribution in [0.1, 0.15) is 22.7 Å². The van der Waals surface area contributed by atoms with Crippen molar-refractivity contribution in [3.05, 3.63) is 100 Å². The van der Waals surface area contributed by atoms with Crippen LogP contribution >= 0.6 is 11.6 Å². The molecule has 1 aromatic heterocycles. The number of Topliss-reactive ketones (excluding diaryl/α,β-unsaturated/α-hetero) is 1. The number of carbonyl (C=O) groups is 2. The summed E-state index contributed by atoms with van der Waals surface area (Å²) in [5, 5.41) is 11.6. The van der Waals surface area contributed by atoms with Crippen LogP contribution in [0.5, 0.6) is 0 Å². The number of hydrogen-bond acceptors (Lipinski definition) is 6. The Morgan fingerprint density at radius 3 is 2.29 bits per heavy atom. The van der Waals surface area contributed by atoms with Crippen molar-refractivity contribution in [2.45, 2.75) is 17.5 Å². The number of pyridine rings is 1. The van der Waals surface area contributed by atoms with E-state index in [1.807, 2.05) is 0 Å². The van der Waals surface area contributed by atoms with Crippen LogP contribution in [-0.2, 0) is 26.2 Å². The summed E-state index contributed by atoms with van der Waals surface area (Å²) < 4.78 is 25.8. The van der Waals surface area contributed by atoms with Crippen LogP contribution in [0, 0.1) is 0 Å². The molecule has 4 rings (SSSR count). The summed E-state index contributed by atoms with van der Waals surface area (Å²) in [5.41, 5.74) is 1.42. The third kappa shape index (κ3) is 4.70. The molecule has 8 nitrogen and oxygen atoms in total. The topological polar surface area (TPSA) is 108 Å². The first-order chi connectivity index (χ1) is 16.6. The summed E-state index contributed by atoms with van der Waals surface area (Å²) in [7, 11) is -0.840. The van der Waals surface area contributed by atoms with Gasteiger partial charge in [-0.2, -0.15) is 0 Å². The summed E-state index contributed by atoms with van der Waals surface area (Å²) in [4.78, 5) is 31.7. The molecule has 1 atom stereocenters. The smallest absolute Gasteiger partial charge is 0.295 e. The van der Waals surface area contributed by atoms with Gasteiger partial charge in [-0.3, -0.25) is 14.6 Å². The van der Waals surface area contributed by atoms with E-state index in [0.29, 0.717) is 16.1 Å². The van der Waals surface area contributed by atoms with Crippen molar-refractivity contribution >= 4 is 39.1 Å². The van der Waals surface area contributed by atoms with E-state index < -0.39 is 33.5 Å². The Labute approximate surface area is 208 Å². The molecule has 2 aromatic carbocycles. The fourth-order valence-electron chi connectivity index (χ4n) is 3.87. The Kier molecular flexibility index (Phi) is 6.75. The lowest BCUT2D eigenvalue weighted by atomic mass is 9.95. The van der Waals surface area contributed by atoms with Gasteiger partial charge in [0.15, 0.2) is 0 Å². The fourth-order valence-corrected chi connectivity index (χ4v) is 4.90. The Bertz CT molecular complexity index is 1400. The van der Waals surface area contributed by atoms with Gasteiger partial charge in [-0.15, -0.1) is 0 Å². The van der Waals surface area contributed by atoms with E-state index in [-0.39, 0.29) is 22.6 Å². The molecule has 2 heterocycles. The van der Waals surface area contributed by atoms with Gasteiger partial charge in [0.2, 0.25) is 10.0 Å². The molecule has 0 saturated carbocycles. The molecular weight excluding hydrogens is 490 g/mol.